The average Bonchev–Trinajstić information content (AvgIpc) is 3.21. The van der Waals surface area contributed by atoms with Crippen LogP contribution in [0.15, 0.2) is 35.5 Å². The van der Waals surface area contributed by atoms with Crippen molar-refractivity contribution in [3.05, 3.63) is 47.7 Å². The topological polar surface area (TPSA) is 63.0 Å². The summed E-state index contributed by atoms with van der Waals surface area (Å²) in [5.74, 6) is 1.78. The van der Waals surface area contributed by atoms with Crippen molar-refractivity contribution in [1.29, 1.82) is 0 Å². The number of alkyl halides is 3. The van der Waals surface area contributed by atoms with Crippen molar-refractivity contribution in [1.82, 2.24) is 29.6 Å². The Morgan fingerprint density at radius 3 is 2.21 bits per heavy atom. The summed E-state index contributed by atoms with van der Waals surface area (Å²) in [5.41, 5.74) is -0.673. The van der Waals surface area contributed by atoms with Gasteiger partial charge in [-0.05, 0) is 37.2 Å². The highest BCUT2D eigenvalue weighted by atomic mass is 35.5. The molecular formula is C25H32ClF4N7S. The van der Waals surface area contributed by atoms with Crippen LogP contribution < -0.4 is 4.90 Å². The Kier molecular flexibility index (Phi) is 9.64. The van der Waals surface area contributed by atoms with Crippen LogP contribution in [0.4, 0.5) is 23.4 Å². The van der Waals surface area contributed by atoms with Crippen molar-refractivity contribution < 1.29 is 17.6 Å². The molecule has 2 aromatic heterocycles. The van der Waals surface area contributed by atoms with Crippen LogP contribution in [-0.4, -0.2) is 68.1 Å². The van der Waals surface area contributed by atoms with Crippen LogP contribution in [0.25, 0.3) is 11.4 Å². The minimum atomic E-state index is -4.51. The first-order valence-electron chi connectivity index (χ1n) is 12.1. The van der Waals surface area contributed by atoms with Crippen molar-refractivity contribution in [3.63, 3.8) is 0 Å². The maximum absolute atomic E-state index is 13.4. The summed E-state index contributed by atoms with van der Waals surface area (Å²) in [6, 6.07) is 7.23. The third kappa shape index (κ3) is 7.35. The Labute approximate surface area is 230 Å². The van der Waals surface area contributed by atoms with E-state index in [2.05, 4.69) is 25.1 Å². The fourth-order valence-electron chi connectivity index (χ4n) is 4.02. The number of halogens is 5. The number of aromatic nitrogens is 5. The lowest BCUT2D eigenvalue weighted by atomic mass is 9.95. The molecular weight excluding hydrogens is 542 g/mol. The van der Waals surface area contributed by atoms with Crippen LogP contribution >= 0.6 is 24.2 Å². The van der Waals surface area contributed by atoms with E-state index in [1.807, 2.05) is 37.3 Å². The van der Waals surface area contributed by atoms with Gasteiger partial charge in [-0.1, -0.05) is 32.5 Å². The number of benzene rings is 1. The van der Waals surface area contributed by atoms with Crippen molar-refractivity contribution in [3.8, 4) is 11.4 Å². The molecule has 3 heterocycles. The molecule has 1 aromatic carbocycles. The summed E-state index contributed by atoms with van der Waals surface area (Å²) < 4.78 is 55.4. The number of piperazine rings is 1. The van der Waals surface area contributed by atoms with Gasteiger partial charge in [0.1, 0.15) is 23.2 Å². The van der Waals surface area contributed by atoms with Gasteiger partial charge in [-0.3, -0.25) is 4.90 Å². The SMILES string of the molecule is Cl.Cn1c(SCCCN2CCN(c3cc(C(F)(F)F)nc(C(C)(C)C)n3)CC2)nnc1-c1ccc(F)cc1. The Morgan fingerprint density at radius 1 is 0.947 bits per heavy atom. The largest absolute Gasteiger partial charge is 0.433 e. The smallest absolute Gasteiger partial charge is 0.354 e. The molecule has 7 nitrogen and oxygen atoms in total. The van der Waals surface area contributed by atoms with Gasteiger partial charge >= 0.3 is 6.18 Å². The van der Waals surface area contributed by atoms with Gasteiger partial charge < -0.3 is 9.47 Å². The molecule has 3 aromatic rings. The molecule has 208 valence electrons. The van der Waals surface area contributed by atoms with E-state index < -0.39 is 17.3 Å². The molecule has 0 saturated carbocycles. The summed E-state index contributed by atoms with van der Waals surface area (Å²) in [5, 5.41) is 9.29. The lowest BCUT2D eigenvalue weighted by molar-refractivity contribution is -0.141. The van der Waals surface area contributed by atoms with Crippen LogP contribution in [0.1, 0.15) is 38.7 Å². The number of thioether (sulfide) groups is 1. The molecule has 1 fully saturated rings. The van der Waals surface area contributed by atoms with Crippen molar-refractivity contribution in [2.24, 2.45) is 7.05 Å². The Hall–Kier alpha value is -2.44. The zero-order valence-electron chi connectivity index (χ0n) is 21.8. The van der Waals surface area contributed by atoms with E-state index in [1.165, 1.54) is 12.1 Å². The lowest BCUT2D eigenvalue weighted by Gasteiger charge is -2.36. The predicted molar refractivity (Wildman–Crippen MR) is 143 cm³/mol. The van der Waals surface area contributed by atoms with Crippen molar-refractivity contribution in [2.75, 3.05) is 43.4 Å². The Bertz CT molecular complexity index is 1170. The van der Waals surface area contributed by atoms with Crippen LogP contribution in [0.3, 0.4) is 0 Å². The fourth-order valence-corrected chi connectivity index (χ4v) is 4.85. The number of nitrogens with zero attached hydrogens (tertiary/aromatic N) is 7. The number of hydrogen-bond acceptors (Lipinski definition) is 7. The summed E-state index contributed by atoms with van der Waals surface area (Å²) in [7, 11) is 1.89. The average molecular weight is 574 g/mol. The third-order valence-electron chi connectivity index (χ3n) is 6.16. The van der Waals surface area contributed by atoms with E-state index in [1.54, 1.807) is 23.9 Å². The first-order chi connectivity index (χ1) is 17.4. The minimum absolute atomic E-state index is 0. The molecule has 0 atom stereocenters. The van der Waals surface area contributed by atoms with Gasteiger partial charge in [-0.25, -0.2) is 14.4 Å². The maximum atomic E-state index is 13.4. The molecule has 0 unspecified atom stereocenters. The quantitative estimate of drug-likeness (QED) is 0.211. The van der Waals surface area contributed by atoms with E-state index in [9.17, 15) is 17.6 Å². The molecule has 1 aliphatic heterocycles. The molecule has 0 bridgehead atoms. The Balaban J connectivity index is 0.00000400. The molecule has 1 saturated heterocycles. The van der Waals surface area contributed by atoms with Crippen molar-refractivity contribution >= 4 is 30.0 Å². The van der Waals surface area contributed by atoms with Gasteiger partial charge in [0.25, 0.3) is 0 Å². The highest BCUT2D eigenvalue weighted by Gasteiger charge is 2.36. The van der Waals surface area contributed by atoms with Crippen molar-refractivity contribution in [2.45, 2.75) is 43.9 Å². The molecule has 0 N–H and O–H groups in total. The second-order valence-corrected chi connectivity index (χ2v) is 11.1. The number of rotatable bonds is 7. The molecule has 0 spiro atoms. The lowest BCUT2D eigenvalue weighted by Crippen LogP contribution is -2.47. The van der Waals surface area contributed by atoms with Crippen LogP contribution in [0, 0.1) is 5.82 Å². The van der Waals surface area contributed by atoms with Gasteiger partial charge in [0, 0.05) is 56.0 Å². The molecule has 38 heavy (non-hydrogen) atoms. The third-order valence-corrected chi connectivity index (χ3v) is 7.26. The van der Waals surface area contributed by atoms with E-state index >= 15 is 0 Å². The normalized spacial score (nSPS) is 15.0. The summed E-state index contributed by atoms with van der Waals surface area (Å²) in [4.78, 5) is 12.5. The molecule has 4 rings (SSSR count). The zero-order valence-corrected chi connectivity index (χ0v) is 23.4. The van der Waals surface area contributed by atoms with Crippen LogP contribution in [0.5, 0.6) is 0 Å². The second-order valence-electron chi connectivity index (χ2n) is 10.1. The van der Waals surface area contributed by atoms with E-state index in [-0.39, 0.29) is 24.0 Å². The summed E-state index contributed by atoms with van der Waals surface area (Å²) in [6.07, 6.45) is -3.58. The minimum Gasteiger partial charge on any atom is -0.354 e. The highest BCUT2D eigenvalue weighted by Crippen LogP contribution is 2.32. The van der Waals surface area contributed by atoms with Gasteiger partial charge in [-0.15, -0.1) is 22.6 Å². The molecule has 0 radical (unpaired) electrons. The van der Waals surface area contributed by atoms with E-state index in [4.69, 9.17) is 0 Å². The first kappa shape index (κ1) is 30.1. The standard InChI is InChI=1S/C25H31F4N7S.ClH/c1-24(2,3)22-30-19(25(27,28)29)16-20(31-22)36-13-11-35(12-14-36)10-5-15-37-23-33-32-21(34(23)4)17-6-8-18(26)9-7-17;/h6-9,16H,5,10-15H2,1-4H3;1H. The second kappa shape index (κ2) is 12.2. The van der Waals surface area contributed by atoms with Crippen LogP contribution in [-0.2, 0) is 18.6 Å². The molecule has 1 aliphatic rings. The Morgan fingerprint density at radius 2 is 1.61 bits per heavy atom. The van der Waals surface area contributed by atoms with Gasteiger partial charge in [-0.2, -0.15) is 13.2 Å². The maximum Gasteiger partial charge on any atom is 0.433 e. The zero-order chi connectivity index (χ0) is 26.8. The summed E-state index contributed by atoms with van der Waals surface area (Å²) in [6.45, 7) is 9.03. The van der Waals surface area contributed by atoms with Gasteiger partial charge in [0.2, 0.25) is 0 Å². The van der Waals surface area contributed by atoms with Gasteiger partial charge in [0.15, 0.2) is 11.0 Å². The van der Waals surface area contributed by atoms with E-state index in [0.717, 1.165) is 48.6 Å². The van der Waals surface area contributed by atoms with Gasteiger partial charge in [0.05, 0.1) is 0 Å². The highest BCUT2D eigenvalue weighted by molar-refractivity contribution is 7.99. The molecule has 0 amide bonds. The predicted octanol–water partition coefficient (Wildman–Crippen LogP) is 5.45. The fraction of sp³-hybridized carbons (Fsp3) is 0.520. The molecule has 13 heteroatoms. The van der Waals surface area contributed by atoms with Crippen LogP contribution in [0.2, 0.25) is 0 Å². The summed E-state index contributed by atoms with van der Waals surface area (Å²) >= 11 is 1.61. The molecule has 0 aliphatic carbocycles. The first-order valence-corrected chi connectivity index (χ1v) is 13.1. The van der Waals surface area contributed by atoms with E-state index in [0.29, 0.717) is 24.7 Å². The number of anilines is 1. The monoisotopic (exact) mass is 573 g/mol. The number of hydrogen-bond donors (Lipinski definition) is 0.